The van der Waals surface area contributed by atoms with Crippen LogP contribution < -0.4 is 10.2 Å². The summed E-state index contributed by atoms with van der Waals surface area (Å²) in [5, 5.41) is 17.6. The van der Waals surface area contributed by atoms with Crippen LogP contribution in [0.25, 0.3) is 0 Å². The van der Waals surface area contributed by atoms with Crippen LogP contribution in [0.4, 0.5) is 5.95 Å². The lowest BCUT2D eigenvalue weighted by Gasteiger charge is -2.28. The quantitative estimate of drug-likeness (QED) is 0.769. The smallest absolute Gasteiger partial charge is 0.266 e. The molecule has 0 spiro atoms. The van der Waals surface area contributed by atoms with Crippen LogP contribution in [-0.2, 0) is 5.60 Å². The third-order valence-corrected chi connectivity index (χ3v) is 3.56. The number of β-amino-alcohol motifs (C(OH)–C–C–N with tert-alkyl or cyclic N) is 1. The molecule has 2 aliphatic heterocycles. The lowest BCUT2D eigenvalue weighted by molar-refractivity contribution is -0.0167. The molecule has 1 atom stereocenters. The van der Waals surface area contributed by atoms with Crippen LogP contribution in [0, 0.1) is 0 Å². The molecule has 1 unspecified atom stereocenters. The fourth-order valence-corrected chi connectivity index (χ4v) is 2.52. The molecule has 0 amide bonds. The van der Waals surface area contributed by atoms with Gasteiger partial charge in [-0.2, -0.15) is 4.98 Å². The molecule has 0 aliphatic carbocycles. The van der Waals surface area contributed by atoms with Gasteiger partial charge in [-0.1, -0.05) is 0 Å². The molecule has 0 bridgehead atoms. The van der Waals surface area contributed by atoms with Gasteiger partial charge in [-0.15, -0.1) is 0 Å². The van der Waals surface area contributed by atoms with Crippen molar-refractivity contribution in [1.82, 2.24) is 15.5 Å². The first-order chi connectivity index (χ1) is 8.28. The number of rotatable bonds is 2. The first-order valence-corrected chi connectivity index (χ1v) is 6.30. The minimum Gasteiger partial charge on any atom is -0.379 e. The van der Waals surface area contributed by atoms with Crippen molar-refractivity contribution >= 4 is 5.95 Å². The van der Waals surface area contributed by atoms with Crippen LogP contribution in [0.15, 0.2) is 4.52 Å². The molecule has 17 heavy (non-hydrogen) atoms. The van der Waals surface area contributed by atoms with Crippen molar-refractivity contribution in [3.05, 3.63) is 5.89 Å². The van der Waals surface area contributed by atoms with Crippen molar-refractivity contribution in [2.24, 2.45) is 0 Å². The van der Waals surface area contributed by atoms with Gasteiger partial charge in [-0.25, -0.2) is 0 Å². The zero-order valence-electron chi connectivity index (χ0n) is 9.85. The molecule has 1 aromatic rings. The standard InChI is InChI=1S/C11H18N4O2/c16-11(4-3-5-12-8-11)9-13-10(14-17-9)15-6-1-2-7-15/h12,16H,1-8H2. The molecule has 0 radical (unpaired) electrons. The van der Waals surface area contributed by atoms with Crippen molar-refractivity contribution in [3.8, 4) is 0 Å². The Morgan fingerprint density at radius 2 is 2.12 bits per heavy atom. The van der Waals surface area contributed by atoms with Gasteiger partial charge in [-0.3, -0.25) is 0 Å². The van der Waals surface area contributed by atoms with E-state index in [0.717, 1.165) is 26.1 Å². The third-order valence-electron chi connectivity index (χ3n) is 3.56. The van der Waals surface area contributed by atoms with Crippen LogP contribution in [0.2, 0.25) is 0 Å². The molecule has 6 nitrogen and oxygen atoms in total. The Labute approximate surface area is 100.0 Å². The minimum absolute atomic E-state index is 0.353. The Kier molecular flexibility index (Phi) is 2.76. The second-order valence-electron chi connectivity index (χ2n) is 4.91. The number of aromatic nitrogens is 2. The summed E-state index contributed by atoms with van der Waals surface area (Å²) in [6, 6.07) is 0. The highest BCUT2D eigenvalue weighted by molar-refractivity contribution is 5.29. The van der Waals surface area contributed by atoms with Gasteiger partial charge in [0.15, 0.2) is 5.60 Å². The van der Waals surface area contributed by atoms with E-state index in [4.69, 9.17) is 4.52 Å². The van der Waals surface area contributed by atoms with Crippen LogP contribution in [-0.4, -0.2) is 41.4 Å². The average Bonchev–Trinajstić information content (AvgIpc) is 3.01. The number of anilines is 1. The molecule has 2 aliphatic rings. The number of nitrogens with one attached hydrogen (secondary N) is 1. The SMILES string of the molecule is OC1(c2nc(N3CCCC3)no2)CCCNC1. The average molecular weight is 238 g/mol. The first-order valence-electron chi connectivity index (χ1n) is 6.30. The second kappa shape index (κ2) is 4.27. The number of hydrogen-bond donors (Lipinski definition) is 2. The lowest BCUT2D eigenvalue weighted by Crippen LogP contribution is -2.43. The van der Waals surface area contributed by atoms with Crippen LogP contribution >= 0.6 is 0 Å². The maximum absolute atomic E-state index is 10.4. The van der Waals surface area contributed by atoms with Crippen LogP contribution in [0.5, 0.6) is 0 Å². The summed E-state index contributed by atoms with van der Waals surface area (Å²) >= 11 is 0. The largest absolute Gasteiger partial charge is 0.379 e. The van der Waals surface area contributed by atoms with E-state index in [2.05, 4.69) is 20.4 Å². The zero-order valence-corrected chi connectivity index (χ0v) is 9.85. The molecular weight excluding hydrogens is 220 g/mol. The molecule has 0 saturated carbocycles. The molecule has 2 fully saturated rings. The number of aliphatic hydroxyl groups is 1. The molecule has 0 aromatic carbocycles. The van der Waals surface area contributed by atoms with E-state index in [1.54, 1.807) is 0 Å². The Hall–Kier alpha value is -1.14. The van der Waals surface area contributed by atoms with E-state index in [1.807, 2.05) is 0 Å². The van der Waals surface area contributed by atoms with Crippen molar-refractivity contribution in [2.45, 2.75) is 31.3 Å². The van der Waals surface area contributed by atoms with Gasteiger partial charge in [0.05, 0.1) is 0 Å². The molecule has 1 aromatic heterocycles. The van der Waals surface area contributed by atoms with E-state index in [9.17, 15) is 5.11 Å². The first kappa shape index (κ1) is 11.0. The van der Waals surface area contributed by atoms with Crippen molar-refractivity contribution in [2.75, 3.05) is 31.1 Å². The number of piperidine rings is 1. The maximum Gasteiger partial charge on any atom is 0.266 e. The minimum atomic E-state index is -0.983. The maximum atomic E-state index is 10.4. The summed E-state index contributed by atoms with van der Waals surface area (Å²) in [7, 11) is 0. The highest BCUT2D eigenvalue weighted by atomic mass is 16.5. The van der Waals surface area contributed by atoms with Crippen molar-refractivity contribution in [3.63, 3.8) is 0 Å². The fraction of sp³-hybridized carbons (Fsp3) is 0.818. The van der Waals surface area contributed by atoms with Crippen molar-refractivity contribution < 1.29 is 9.63 Å². The van der Waals surface area contributed by atoms with E-state index >= 15 is 0 Å². The van der Waals surface area contributed by atoms with E-state index in [1.165, 1.54) is 12.8 Å². The third kappa shape index (κ3) is 2.02. The van der Waals surface area contributed by atoms with Crippen LogP contribution in [0.3, 0.4) is 0 Å². The molecule has 94 valence electrons. The Balaban J connectivity index is 1.78. The van der Waals surface area contributed by atoms with Gasteiger partial charge in [0.2, 0.25) is 0 Å². The summed E-state index contributed by atoms with van der Waals surface area (Å²) in [6.45, 7) is 3.40. The predicted octanol–water partition coefficient (Wildman–Crippen LogP) is 0.241. The van der Waals surface area contributed by atoms with Gasteiger partial charge in [0.25, 0.3) is 11.8 Å². The van der Waals surface area contributed by atoms with E-state index in [-0.39, 0.29) is 0 Å². The summed E-state index contributed by atoms with van der Waals surface area (Å²) in [5.41, 5.74) is -0.983. The van der Waals surface area contributed by atoms with Gasteiger partial charge in [0, 0.05) is 19.6 Å². The summed E-state index contributed by atoms with van der Waals surface area (Å²) < 4.78 is 5.23. The topological polar surface area (TPSA) is 74.4 Å². The number of nitrogens with zero attached hydrogens (tertiary/aromatic N) is 3. The normalized spacial score (nSPS) is 29.8. The predicted molar refractivity (Wildman–Crippen MR) is 61.7 cm³/mol. The van der Waals surface area contributed by atoms with Gasteiger partial charge in [-0.05, 0) is 37.4 Å². The van der Waals surface area contributed by atoms with Crippen LogP contribution in [0.1, 0.15) is 31.6 Å². The number of hydrogen-bond acceptors (Lipinski definition) is 6. The molecule has 2 saturated heterocycles. The van der Waals surface area contributed by atoms with Gasteiger partial charge < -0.3 is 19.8 Å². The molecule has 2 N–H and O–H groups in total. The monoisotopic (exact) mass is 238 g/mol. The molecular formula is C11H18N4O2. The summed E-state index contributed by atoms with van der Waals surface area (Å²) in [6.07, 6.45) is 3.96. The Morgan fingerprint density at radius 3 is 2.82 bits per heavy atom. The van der Waals surface area contributed by atoms with Gasteiger partial charge >= 0.3 is 0 Å². The van der Waals surface area contributed by atoms with Crippen molar-refractivity contribution in [1.29, 1.82) is 0 Å². The second-order valence-corrected chi connectivity index (χ2v) is 4.91. The highest BCUT2D eigenvalue weighted by Crippen LogP contribution is 2.28. The molecule has 3 heterocycles. The lowest BCUT2D eigenvalue weighted by atomic mass is 9.94. The molecule has 6 heteroatoms. The summed E-state index contributed by atoms with van der Waals surface area (Å²) in [4.78, 5) is 6.45. The fourth-order valence-electron chi connectivity index (χ4n) is 2.52. The highest BCUT2D eigenvalue weighted by Gasteiger charge is 2.37. The molecule has 3 rings (SSSR count). The zero-order chi connectivity index (χ0) is 11.7. The summed E-state index contributed by atoms with van der Waals surface area (Å²) in [5.74, 6) is 0.975. The Bertz CT molecular complexity index is 381. The van der Waals surface area contributed by atoms with Gasteiger partial charge in [0.1, 0.15) is 0 Å². The van der Waals surface area contributed by atoms with E-state index < -0.39 is 5.60 Å². The van der Waals surface area contributed by atoms with E-state index in [0.29, 0.717) is 24.8 Å². The Morgan fingerprint density at radius 1 is 1.29 bits per heavy atom.